The maximum atomic E-state index is 2.69. The van der Waals surface area contributed by atoms with Gasteiger partial charge in [0.2, 0.25) is 0 Å². The van der Waals surface area contributed by atoms with Crippen LogP contribution in [-0.4, -0.2) is 17.0 Å². The molecule has 3 unspecified atom stereocenters. The van der Waals surface area contributed by atoms with Gasteiger partial charge in [0.1, 0.15) is 0 Å². The van der Waals surface area contributed by atoms with Gasteiger partial charge in [-0.1, -0.05) is 121 Å². The molecule has 2 nitrogen and oxygen atoms in total. The van der Waals surface area contributed by atoms with Gasteiger partial charge in [0.15, 0.2) is 0 Å². The number of thioether (sulfide) groups is 1. The predicted octanol–water partition coefficient (Wildman–Crippen LogP) is 15.4. The van der Waals surface area contributed by atoms with Crippen molar-refractivity contribution in [1.29, 1.82) is 0 Å². The van der Waals surface area contributed by atoms with E-state index in [1.165, 1.54) is 88.8 Å². The lowest BCUT2D eigenvalue weighted by Gasteiger charge is -2.43. The van der Waals surface area contributed by atoms with Gasteiger partial charge in [0.25, 0.3) is 0 Å². The second-order valence-corrected chi connectivity index (χ2v) is 18.5. The lowest BCUT2D eigenvalue weighted by molar-refractivity contribution is 0.601. The van der Waals surface area contributed by atoms with Crippen LogP contribution in [0.3, 0.4) is 0 Å². The van der Waals surface area contributed by atoms with Crippen molar-refractivity contribution in [2.45, 2.75) is 50.8 Å². The summed E-state index contributed by atoms with van der Waals surface area (Å²) >= 11 is 4.09. The SMILES string of the molecule is C/C=C\c1c(C)sc2c(N(c3ccccc3)c3ccc4c5c3ccc3ccc(N(c6ccccc6)C6CC=CC7=C6CSC6CCC=CC76)c(c35)C=CC4)cccc12. The number of thiophene rings is 1. The molecule has 2 heterocycles. The van der Waals surface area contributed by atoms with E-state index in [2.05, 4.69) is 199 Å². The Morgan fingerprint density at radius 1 is 0.707 bits per heavy atom. The maximum Gasteiger partial charge on any atom is 0.0640 e. The highest BCUT2D eigenvalue weighted by Crippen LogP contribution is 2.51. The Bertz CT molecular complexity index is 2890. The summed E-state index contributed by atoms with van der Waals surface area (Å²) in [6.07, 6.45) is 23.5. The van der Waals surface area contributed by atoms with E-state index in [-0.39, 0.29) is 6.04 Å². The van der Waals surface area contributed by atoms with Crippen molar-refractivity contribution >= 4 is 95.3 Å². The molecule has 0 N–H and O–H groups in total. The molecule has 4 heteroatoms. The summed E-state index contributed by atoms with van der Waals surface area (Å²) < 4.78 is 1.31. The number of anilines is 5. The molecular formula is C54H46N2S2. The number of allylic oxidation sites excluding steroid dienone is 6. The summed E-state index contributed by atoms with van der Waals surface area (Å²) in [6.45, 7) is 4.37. The van der Waals surface area contributed by atoms with Crippen LogP contribution in [0.4, 0.5) is 28.4 Å². The number of hydrogen-bond acceptors (Lipinski definition) is 4. The molecule has 3 atom stereocenters. The number of nitrogens with zero attached hydrogens (tertiary/aromatic N) is 2. The number of aryl methyl sites for hydroxylation is 1. The third-order valence-electron chi connectivity index (χ3n) is 12.8. The van der Waals surface area contributed by atoms with Gasteiger partial charge in [-0.3, -0.25) is 0 Å². The van der Waals surface area contributed by atoms with Crippen molar-refractivity contribution < 1.29 is 0 Å². The van der Waals surface area contributed by atoms with Crippen molar-refractivity contribution in [3.8, 4) is 0 Å². The fourth-order valence-electron chi connectivity index (χ4n) is 10.3. The zero-order valence-electron chi connectivity index (χ0n) is 33.1. The molecule has 0 spiro atoms. The van der Waals surface area contributed by atoms with E-state index >= 15 is 0 Å². The molecule has 1 aromatic heterocycles. The first-order valence-corrected chi connectivity index (χ1v) is 22.7. The van der Waals surface area contributed by atoms with Crippen LogP contribution in [0.1, 0.15) is 47.8 Å². The van der Waals surface area contributed by atoms with Crippen molar-refractivity contribution in [2.24, 2.45) is 5.92 Å². The molecule has 7 aromatic rings. The van der Waals surface area contributed by atoms with Crippen LogP contribution in [0, 0.1) is 12.8 Å². The Balaban J connectivity index is 1.15. The van der Waals surface area contributed by atoms with E-state index in [1.807, 2.05) is 11.3 Å². The summed E-state index contributed by atoms with van der Waals surface area (Å²) in [6, 6.07) is 43.5. The maximum absolute atomic E-state index is 2.69. The molecule has 1 aliphatic heterocycles. The molecule has 0 radical (unpaired) electrons. The predicted molar refractivity (Wildman–Crippen MR) is 255 cm³/mol. The quantitative estimate of drug-likeness (QED) is 0.117. The van der Waals surface area contributed by atoms with Crippen LogP contribution >= 0.6 is 23.1 Å². The average molecular weight is 787 g/mol. The smallest absolute Gasteiger partial charge is 0.0640 e. The Labute approximate surface area is 350 Å². The van der Waals surface area contributed by atoms with E-state index in [1.54, 1.807) is 11.1 Å². The highest BCUT2D eigenvalue weighted by Gasteiger charge is 2.37. The average Bonchev–Trinajstić information content (AvgIpc) is 3.46. The molecule has 0 bridgehead atoms. The Morgan fingerprint density at radius 2 is 1.52 bits per heavy atom. The number of para-hydroxylation sites is 2. The molecule has 11 rings (SSSR count). The molecule has 0 saturated heterocycles. The molecule has 58 heavy (non-hydrogen) atoms. The van der Waals surface area contributed by atoms with E-state index in [4.69, 9.17) is 0 Å². The van der Waals surface area contributed by atoms with Crippen LogP contribution in [0.5, 0.6) is 0 Å². The molecular weight excluding hydrogens is 741 g/mol. The molecule has 0 fully saturated rings. The van der Waals surface area contributed by atoms with Crippen LogP contribution in [0.15, 0.2) is 163 Å². The van der Waals surface area contributed by atoms with Gasteiger partial charge in [-0.2, -0.15) is 11.8 Å². The largest absolute Gasteiger partial charge is 0.333 e. The van der Waals surface area contributed by atoms with Crippen molar-refractivity contribution in [3.05, 3.63) is 184 Å². The zero-order chi connectivity index (χ0) is 38.7. The van der Waals surface area contributed by atoms with Gasteiger partial charge < -0.3 is 9.80 Å². The van der Waals surface area contributed by atoms with E-state index in [9.17, 15) is 0 Å². The van der Waals surface area contributed by atoms with Crippen molar-refractivity contribution in [3.63, 3.8) is 0 Å². The Hall–Kier alpha value is -5.55. The minimum Gasteiger partial charge on any atom is -0.333 e. The van der Waals surface area contributed by atoms with E-state index in [0.717, 1.165) is 24.3 Å². The molecule has 3 aliphatic carbocycles. The first kappa shape index (κ1) is 35.6. The second-order valence-electron chi connectivity index (χ2n) is 16.1. The fourth-order valence-corrected chi connectivity index (χ4v) is 12.9. The normalized spacial score (nSPS) is 19.7. The minimum atomic E-state index is 0.247. The van der Waals surface area contributed by atoms with Gasteiger partial charge in [0.05, 0.1) is 22.1 Å². The van der Waals surface area contributed by atoms with Gasteiger partial charge >= 0.3 is 0 Å². The zero-order valence-corrected chi connectivity index (χ0v) is 34.7. The highest BCUT2D eigenvalue weighted by atomic mass is 32.2. The Morgan fingerprint density at radius 3 is 2.36 bits per heavy atom. The minimum absolute atomic E-state index is 0.247. The summed E-state index contributed by atoms with van der Waals surface area (Å²) in [5.74, 6) is 1.60. The van der Waals surface area contributed by atoms with Crippen LogP contribution < -0.4 is 9.80 Å². The summed E-state index contributed by atoms with van der Waals surface area (Å²) in [7, 11) is 0. The molecule has 0 amide bonds. The monoisotopic (exact) mass is 786 g/mol. The van der Waals surface area contributed by atoms with Crippen LogP contribution in [0.2, 0.25) is 0 Å². The van der Waals surface area contributed by atoms with Gasteiger partial charge in [0, 0.05) is 55.2 Å². The first-order valence-electron chi connectivity index (χ1n) is 20.9. The molecule has 284 valence electrons. The molecule has 4 aliphatic rings. The molecule has 6 aromatic carbocycles. The summed E-state index contributed by atoms with van der Waals surface area (Å²) in [5.41, 5.74) is 13.3. The lowest BCUT2D eigenvalue weighted by atomic mass is 9.80. The van der Waals surface area contributed by atoms with E-state index in [0.29, 0.717) is 11.2 Å². The van der Waals surface area contributed by atoms with Crippen LogP contribution in [-0.2, 0) is 6.42 Å². The number of fused-ring (bicyclic) bond motifs is 3. The van der Waals surface area contributed by atoms with Gasteiger partial charge in [-0.15, -0.1) is 11.3 Å². The summed E-state index contributed by atoms with van der Waals surface area (Å²) in [5, 5.41) is 7.28. The number of benzene rings is 6. The van der Waals surface area contributed by atoms with Gasteiger partial charge in [-0.25, -0.2) is 0 Å². The second kappa shape index (κ2) is 14.7. The Kier molecular flexibility index (Phi) is 9.01. The third-order valence-corrected chi connectivity index (χ3v) is 15.4. The standard InChI is InChI=1S/C54H46N2S2/c1-3-15-40-35(2)58-54-43(40)23-14-26-50(54)56(39-19-8-5-9-20-39)49-32-29-36-16-12-24-44-48(33-30-37-28-31-45(49)52(36)53(37)44)55(38-17-6-4-7-18-38)47-25-13-22-41-42-21-10-11-27-51(42)57-34-46(41)47/h3-10,12-15,17-24,26,28-33,42,47,51H,11,16,25,27,34H2,1-2H3/b15-3-. The third kappa shape index (κ3) is 5.75. The van der Waals surface area contributed by atoms with E-state index < -0.39 is 0 Å². The number of hydrogen-bond donors (Lipinski definition) is 0. The number of rotatable bonds is 7. The van der Waals surface area contributed by atoms with Crippen molar-refractivity contribution in [2.75, 3.05) is 15.6 Å². The van der Waals surface area contributed by atoms with Crippen LogP contribution in [0.25, 0.3) is 43.8 Å². The van der Waals surface area contributed by atoms with Crippen molar-refractivity contribution in [1.82, 2.24) is 0 Å². The topological polar surface area (TPSA) is 6.48 Å². The summed E-state index contributed by atoms with van der Waals surface area (Å²) in [4.78, 5) is 6.55. The highest BCUT2D eigenvalue weighted by molar-refractivity contribution is 8.00. The fraction of sp³-hybridized carbons (Fsp3) is 0.185. The first-order chi connectivity index (χ1) is 28.7. The molecule has 0 saturated carbocycles. The van der Waals surface area contributed by atoms with Gasteiger partial charge in [-0.05, 0) is 120 Å². The lowest BCUT2D eigenvalue weighted by Crippen LogP contribution is -2.39.